The SMILES string of the molecule is CCOC1CCN(C(=O)c2ccc(C3CCN(C(=O)c4ccccn4)CC3)nc2)CC1. The Morgan fingerprint density at radius 2 is 1.65 bits per heavy atom. The summed E-state index contributed by atoms with van der Waals surface area (Å²) in [6.45, 7) is 5.57. The van der Waals surface area contributed by atoms with E-state index in [1.54, 1.807) is 18.5 Å². The van der Waals surface area contributed by atoms with Gasteiger partial charge in [0.25, 0.3) is 11.8 Å². The van der Waals surface area contributed by atoms with Gasteiger partial charge in [-0.05, 0) is 56.9 Å². The second-order valence-corrected chi connectivity index (χ2v) is 8.20. The van der Waals surface area contributed by atoms with Crippen LogP contribution >= 0.6 is 0 Å². The van der Waals surface area contributed by atoms with Crippen molar-refractivity contribution in [2.45, 2.75) is 44.6 Å². The molecule has 2 aromatic heterocycles. The van der Waals surface area contributed by atoms with Crippen LogP contribution in [-0.2, 0) is 4.74 Å². The van der Waals surface area contributed by atoms with Crippen LogP contribution in [0.4, 0.5) is 0 Å². The van der Waals surface area contributed by atoms with Gasteiger partial charge in [0.15, 0.2) is 0 Å². The molecule has 2 fully saturated rings. The van der Waals surface area contributed by atoms with Crippen molar-refractivity contribution in [2.24, 2.45) is 0 Å². The summed E-state index contributed by atoms with van der Waals surface area (Å²) in [5, 5.41) is 0. The second kappa shape index (κ2) is 10.0. The van der Waals surface area contributed by atoms with Gasteiger partial charge in [-0.3, -0.25) is 19.6 Å². The fraction of sp³-hybridized carbons (Fsp3) is 0.500. The van der Waals surface area contributed by atoms with Crippen LogP contribution < -0.4 is 0 Å². The van der Waals surface area contributed by atoms with Gasteiger partial charge >= 0.3 is 0 Å². The fourth-order valence-electron chi connectivity index (χ4n) is 4.45. The second-order valence-electron chi connectivity index (χ2n) is 8.20. The Bertz CT molecular complexity index is 871. The minimum Gasteiger partial charge on any atom is -0.378 e. The van der Waals surface area contributed by atoms with Crippen molar-refractivity contribution in [3.63, 3.8) is 0 Å². The Kier molecular flexibility index (Phi) is 6.92. The minimum absolute atomic E-state index is 0.0129. The maximum absolute atomic E-state index is 12.8. The molecular weight excluding hydrogens is 392 g/mol. The summed E-state index contributed by atoms with van der Waals surface area (Å²) in [5.41, 5.74) is 2.13. The van der Waals surface area contributed by atoms with Crippen molar-refractivity contribution >= 4 is 11.8 Å². The van der Waals surface area contributed by atoms with Crippen LogP contribution in [0, 0.1) is 0 Å². The predicted molar refractivity (Wildman–Crippen MR) is 117 cm³/mol. The molecule has 0 radical (unpaired) electrons. The Morgan fingerprint density at radius 3 is 2.26 bits per heavy atom. The Morgan fingerprint density at radius 1 is 0.935 bits per heavy atom. The highest BCUT2D eigenvalue weighted by atomic mass is 16.5. The van der Waals surface area contributed by atoms with E-state index < -0.39 is 0 Å². The van der Waals surface area contributed by atoms with Crippen LogP contribution in [0.5, 0.6) is 0 Å². The predicted octanol–water partition coefficient (Wildman–Crippen LogP) is 3.14. The summed E-state index contributed by atoms with van der Waals surface area (Å²) in [6.07, 6.45) is 7.13. The van der Waals surface area contributed by atoms with Gasteiger partial charge in [0.1, 0.15) is 5.69 Å². The molecule has 0 bridgehead atoms. The van der Waals surface area contributed by atoms with E-state index in [2.05, 4.69) is 9.97 Å². The molecule has 4 heterocycles. The largest absolute Gasteiger partial charge is 0.378 e. The number of carbonyl (C=O) groups excluding carboxylic acids is 2. The molecule has 0 aromatic carbocycles. The summed E-state index contributed by atoms with van der Waals surface area (Å²) >= 11 is 0. The first-order valence-corrected chi connectivity index (χ1v) is 11.2. The molecule has 2 aliphatic rings. The van der Waals surface area contributed by atoms with Gasteiger partial charge in [-0.15, -0.1) is 0 Å². The minimum atomic E-state index is -0.0129. The molecule has 7 heteroatoms. The number of rotatable bonds is 5. The molecule has 2 aliphatic heterocycles. The molecule has 0 saturated carbocycles. The van der Waals surface area contributed by atoms with Crippen molar-refractivity contribution in [3.8, 4) is 0 Å². The first kappa shape index (κ1) is 21.4. The lowest BCUT2D eigenvalue weighted by atomic mass is 9.92. The molecule has 0 N–H and O–H groups in total. The zero-order chi connectivity index (χ0) is 21.6. The van der Waals surface area contributed by atoms with E-state index >= 15 is 0 Å². The molecule has 7 nitrogen and oxygen atoms in total. The van der Waals surface area contributed by atoms with E-state index in [-0.39, 0.29) is 17.9 Å². The lowest BCUT2D eigenvalue weighted by Gasteiger charge is -2.32. The summed E-state index contributed by atoms with van der Waals surface area (Å²) < 4.78 is 5.67. The number of piperidine rings is 2. The topological polar surface area (TPSA) is 75.6 Å². The average molecular weight is 423 g/mol. The van der Waals surface area contributed by atoms with E-state index in [0.29, 0.717) is 30.3 Å². The molecule has 0 atom stereocenters. The van der Waals surface area contributed by atoms with E-state index in [1.807, 2.05) is 41.0 Å². The lowest BCUT2D eigenvalue weighted by molar-refractivity contribution is 0.0146. The monoisotopic (exact) mass is 422 g/mol. The van der Waals surface area contributed by atoms with Gasteiger partial charge in [0.05, 0.1) is 11.7 Å². The number of nitrogens with zero attached hydrogens (tertiary/aromatic N) is 4. The number of ether oxygens (including phenoxy) is 1. The maximum Gasteiger partial charge on any atom is 0.272 e. The summed E-state index contributed by atoms with van der Waals surface area (Å²) in [6, 6.07) is 9.27. The van der Waals surface area contributed by atoms with Gasteiger partial charge in [0, 0.05) is 56.8 Å². The molecule has 2 saturated heterocycles. The van der Waals surface area contributed by atoms with E-state index in [4.69, 9.17) is 4.74 Å². The van der Waals surface area contributed by atoms with Gasteiger partial charge < -0.3 is 14.5 Å². The molecule has 2 aromatic rings. The molecule has 4 rings (SSSR count). The molecule has 2 amide bonds. The third kappa shape index (κ3) is 5.10. The molecule has 0 aliphatic carbocycles. The number of hydrogen-bond donors (Lipinski definition) is 0. The zero-order valence-electron chi connectivity index (χ0n) is 18.1. The Labute approximate surface area is 183 Å². The first-order valence-electron chi connectivity index (χ1n) is 11.2. The number of carbonyl (C=O) groups is 2. The number of aromatic nitrogens is 2. The maximum atomic E-state index is 12.8. The van der Waals surface area contributed by atoms with Gasteiger partial charge in [0.2, 0.25) is 0 Å². The number of likely N-dealkylation sites (tertiary alicyclic amines) is 2. The molecule has 164 valence electrons. The van der Waals surface area contributed by atoms with Gasteiger partial charge in [-0.2, -0.15) is 0 Å². The highest BCUT2D eigenvalue weighted by Gasteiger charge is 2.27. The summed E-state index contributed by atoms with van der Waals surface area (Å²) in [7, 11) is 0. The van der Waals surface area contributed by atoms with E-state index in [9.17, 15) is 9.59 Å². The third-order valence-electron chi connectivity index (χ3n) is 6.25. The zero-order valence-corrected chi connectivity index (χ0v) is 18.1. The van der Waals surface area contributed by atoms with Crippen molar-refractivity contribution < 1.29 is 14.3 Å². The van der Waals surface area contributed by atoms with Crippen LogP contribution in [0.1, 0.15) is 65.1 Å². The fourth-order valence-corrected chi connectivity index (χ4v) is 4.45. The number of amides is 2. The van der Waals surface area contributed by atoms with Crippen LogP contribution in [0.25, 0.3) is 0 Å². The van der Waals surface area contributed by atoms with Crippen molar-refractivity contribution in [1.82, 2.24) is 19.8 Å². The van der Waals surface area contributed by atoms with Crippen molar-refractivity contribution in [3.05, 3.63) is 59.7 Å². The molecular formula is C24H30N4O3. The quantitative estimate of drug-likeness (QED) is 0.740. The first-order chi connectivity index (χ1) is 15.2. The van der Waals surface area contributed by atoms with E-state index in [1.165, 1.54) is 0 Å². The summed E-state index contributed by atoms with van der Waals surface area (Å²) in [4.78, 5) is 37.9. The van der Waals surface area contributed by atoms with Crippen molar-refractivity contribution in [2.75, 3.05) is 32.8 Å². The van der Waals surface area contributed by atoms with Crippen LogP contribution in [0.3, 0.4) is 0 Å². The third-order valence-corrected chi connectivity index (χ3v) is 6.25. The Hall–Kier alpha value is -2.80. The Balaban J connectivity index is 1.30. The standard InChI is InChI=1S/C24H30N4O3/c1-2-31-20-10-15-27(16-11-20)23(29)19-6-7-21(26-17-19)18-8-13-28(14-9-18)24(30)22-5-3-4-12-25-22/h3-7,12,17-18,20H,2,8-11,13-16H2,1H3. The number of hydrogen-bond acceptors (Lipinski definition) is 5. The molecule has 0 spiro atoms. The number of pyridine rings is 2. The highest BCUT2D eigenvalue weighted by molar-refractivity contribution is 5.94. The highest BCUT2D eigenvalue weighted by Crippen LogP contribution is 2.27. The molecule has 31 heavy (non-hydrogen) atoms. The molecule has 0 unspecified atom stereocenters. The lowest BCUT2D eigenvalue weighted by Crippen LogP contribution is -2.41. The normalized spacial score (nSPS) is 18.2. The van der Waals surface area contributed by atoms with Crippen molar-refractivity contribution in [1.29, 1.82) is 0 Å². The van der Waals surface area contributed by atoms with Crippen LogP contribution in [0.15, 0.2) is 42.7 Å². The van der Waals surface area contributed by atoms with E-state index in [0.717, 1.165) is 51.1 Å². The van der Waals surface area contributed by atoms with Gasteiger partial charge in [-0.1, -0.05) is 6.07 Å². The van der Waals surface area contributed by atoms with Crippen LogP contribution in [-0.4, -0.2) is 70.5 Å². The average Bonchev–Trinajstić information content (AvgIpc) is 2.85. The van der Waals surface area contributed by atoms with Gasteiger partial charge in [-0.25, -0.2) is 0 Å². The summed E-state index contributed by atoms with van der Waals surface area (Å²) in [5.74, 6) is 0.338. The van der Waals surface area contributed by atoms with Crippen LogP contribution in [0.2, 0.25) is 0 Å². The smallest absolute Gasteiger partial charge is 0.272 e.